The van der Waals surface area contributed by atoms with Crippen LogP contribution >= 0.6 is 11.3 Å². The fourth-order valence-corrected chi connectivity index (χ4v) is 4.68. The van der Waals surface area contributed by atoms with Gasteiger partial charge in [-0.3, -0.25) is 9.48 Å². The van der Waals surface area contributed by atoms with Crippen LogP contribution in [-0.4, -0.2) is 29.3 Å². The van der Waals surface area contributed by atoms with Crippen molar-refractivity contribution in [3.8, 4) is 33.3 Å². The monoisotopic (exact) mass is 446 g/mol. The van der Waals surface area contributed by atoms with E-state index in [1.807, 2.05) is 78.9 Å². The van der Waals surface area contributed by atoms with Gasteiger partial charge in [0.1, 0.15) is 10.5 Å². The van der Waals surface area contributed by atoms with Gasteiger partial charge in [-0.1, -0.05) is 44.2 Å². The number of rotatable bonds is 4. The molecule has 5 aromatic rings. The second kappa shape index (κ2) is 8.92. The normalized spacial score (nSPS) is 11.1. The minimum absolute atomic E-state index is 0.178. The fourth-order valence-electron chi connectivity index (χ4n) is 3.52. The van der Waals surface area contributed by atoms with Gasteiger partial charge in [-0.25, -0.2) is 9.97 Å². The molecule has 7 nitrogen and oxygen atoms in total. The minimum atomic E-state index is -0.178. The molecular formula is C24H26N6OS. The van der Waals surface area contributed by atoms with Crippen LogP contribution in [0.1, 0.15) is 33.7 Å². The third kappa shape index (κ3) is 3.78. The zero-order chi connectivity index (χ0) is 22.8. The molecule has 0 aliphatic carbocycles. The highest BCUT2D eigenvalue weighted by molar-refractivity contribution is 7.22. The van der Waals surface area contributed by atoms with E-state index in [2.05, 4.69) is 23.8 Å². The second-order valence-electron chi connectivity index (χ2n) is 7.40. The van der Waals surface area contributed by atoms with Gasteiger partial charge < -0.3 is 9.55 Å². The van der Waals surface area contributed by atoms with Crippen molar-refractivity contribution in [3.63, 3.8) is 0 Å². The van der Waals surface area contributed by atoms with Gasteiger partial charge in [0.2, 0.25) is 0 Å². The molecule has 164 valence electrons. The Hall–Kier alpha value is -3.52. The van der Waals surface area contributed by atoms with Crippen LogP contribution in [0.15, 0.2) is 59.8 Å². The van der Waals surface area contributed by atoms with E-state index < -0.39 is 0 Å². The van der Waals surface area contributed by atoms with Crippen LogP contribution < -0.4 is 5.56 Å². The molecular weight excluding hydrogens is 420 g/mol. The van der Waals surface area contributed by atoms with Crippen LogP contribution in [0.5, 0.6) is 0 Å². The molecule has 0 atom stereocenters. The SMILES string of the molecule is CC.CC(C)n1ccc(-c2sc3nc(-c4nccn4C)[nH]c(=O)c3c2-c2ccccc2)n1. The molecule has 0 fully saturated rings. The summed E-state index contributed by atoms with van der Waals surface area (Å²) in [6, 6.07) is 12.2. The Labute approximate surface area is 190 Å². The molecule has 5 rings (SSSR count). The third-order valence-corrected chi connectivity index (χ3v) is 6.13. The van der Waals surface area contributed by atoms with Crippen molar-refractivity contribution in [3.05, 3.63) is 65.3 Å². The van der Waals surface area contributed by atoms with Gasteiger partial charge in [-0.05, 0) is 25.5 Å². The molecule has 0 unspecified atom stereocenters. The highest BCUT2D eigenvalue weighted by atomic mass is 32.1. The molecule has 0 saturated heterocycles. The molecule has 0 saturated carbocycles. The van der Waals surface area contributed by atoms with E-state index in [0.717, 1.165) is 21.7 Å². The van der Waals surface area contributed by atoms with Gasteiger partial charge in [0.25, 0.3) is 5.56 Å². The molecule has 0 aliphatic heterocycles. The van der Waals surface area contributed by atoms with Crippen molar-refractivity contribution >= 4 is 21.6 Å². The number of nitrogens with zero attached hydrogens (tertiary/aromatic N) is 5. The van der Waals surface area contributed by atoms with Crippen LogP contribution in [0.2, 0.25) is 0 Å². The summed E-state index contributed by atoms with van der Waals surface area (Å²) < 4.78 is 3.76. The summed E-state index contributed by atoms with van der Waals surface area (Å²) >= 11 is 1.48. The first kappa shape index (κ1) is 21.7. The zero-order valence-electron chi connectivity index (χ0n) is 18.8. The van der Waals surface area contributed by atoms with Crippen LogP contribution in [0, 0.1) is 0 Å². The molecule has 1 aromatic carbocycles. The number of aromatic amines is 1. The Morgan fingerprint density at radius 2 is 1.81 bits per heavy atom. The standard InChI is InChI=1S/C22H20N6OS.C2H6/c1-13(2)28-11-9-15(26-28)18-16(14-7-5-4-6-8-14)17-21(29)24-19(25-22(17)30-18)20-23-10-12-27(20)3;1-2/h4-13H,1-3H3,(H,24,25,29);1-2H3. The Morgan fingerprint density at radius 3 is 2.44 bits per heavy atom. The Kier molecular flexibility index (Phi) is 6.05. The summed E-state index contributed by atoms with van der Waals surface area (Å²) in [6.45, 7) is 8.18. The van der Waals surface area contributed by atoms with Crippen LogP contribution in [0.4, 0.5) is 0 Å². The number of benzene rings is 1. The number of imidazole rings is 1. The van der Waals surface area contributed by atoms with E-state index in [4.69, 9.17) is 10.1 Å². The lowest BCUT2D eigenvalue weighted by Gasteiger charge is -2.05. The quantitative estimate of drug-likeness (QED) is 0.394. The largest absolute Gasteiger partial charge is 0.331 e. The maximum Gasteiger partial charge on any atom is 0.260 e. The molecule has 0 aliphatic rings. The molecule has 1 N–H and O–H groups in total. The van der Waals surface area contributed by atoms with Gasteiger partial charge in [-0.15, -0.1) is 11.3 Å². The van der Waals surface area contributed by atoms with E-state index in [1.54, 1.807) is 6.20 Å². The molecule has 0 spiro atoms. The van der Waals surface area contributed by atoms with Crippen molar-refractivity contribution in [1.29, 1.82) is 0 Å². The Bertz CT molecular complexity index is 1410. The molecule has 4 aromatic heterocycles. The van der Waals surface area contributed by atoms with Crippen molar-refractivity contribution in [2.75, 3.05) is 0 Å². The predicted octanol–water partition coefficient (Wildman–Crippen LogP) is 5.52. The zero-order valence-corrected chi connectivity index (χ0v) is 19.6. The second-order valence-corrected chi connectivity index (χ2v) is 8.40. The number of fused-ring (bicyclic) bond motifs is 1. The van der Waals surface area contributed by atoms with Gasteiger partial charge in [-0.2, -0.15) is 5.10 Å². The average molecular weight is 447 g/mol. The van der Waals surface area contributed by atoms with E-state index in [-0.39, 0.29) is 11.6 Å². The molecule has 32 heavy (non-hydrogen) atoms. The summed E-state index contributed by atoms with van der Waals surface area (Å²) in [6.07, 6.45) is 5.48. The number of H-pyrrole nitrogens is 1. The maximum absolute atomic E-state index is 13.2. The fraction of sp³-hybridized carbons (Fsp3) is 0.250. The molecule has 4 heterocycles. The lowest BCUT2D eigenvalue weighted by molar-refractivity contribution is 0.534. The lowest BCUT2D eigenvalue weighted by Crippen LogP contribution is -2.10. The van der Waals surface area contributed by atoms with Gasteiger partial charge in [0, 0.05) is 37.2 Å². The number of aromatic nitrogens is 6. The van der Waals surface area contributed by atoms with Gasteiger partial charge in [0.15, 0.2) is 11.6 Å². The average Bonchev–Trinajstić information content (AvgIpc) is 3.53. The van der Waals surface area contributed by atoms with Crippen molar-refractivity contribution in [2.45, 2.75) is 33.7 Å². The number of hydrogen-bond donors (Lipinski definition) is 1. The topological polar surface area (TPSA) is 81.4 Å². The third-order valence-electron chi connectivity index (χ3n) is 5.03. The molecule has 0 amide bonds. The predicted molar refractivity (Wildman–Crippen MR) is 131 cm³/mol. The van der Waals surface area contributed by atoms with E-state index >= 15 is 0 Å². The summed E-state index contributed by atoms with van der Waals surface area (Å²) in [4.78, 5) is 26.8. The smallest absolute Gasteiger partial charge is 0.260 e. The van der Waals surface area contributed by atoms with Crippen LogP contribution in [-0.2, 0) is 7.05 Å². The number of hydrogen-bond acceptors (Lipinski definition) is 5. The molecule has 0 radical (unpaired) electrons. The maximum atomic E-state index is 13.2. The number of aryl methyl sites for hydroxylation is 1. The van der Waals surface area contributed by atoms with Crippen molar-refractivity contribution in [2.24, 2.45) is 7.05 Å². The van der Waals surface area contributed by atoms with E-state index in [9.17, 15) is 4.79 Å². The van der Waals surface area contributed by atoms with Crippen LogP contribution in [0.25, 0.3) is 43.6 Å². The first-order chi connectivity index (χ1) is 15.5. The van der Waals surface area contributed by atoms with Gasteiger partial charge >= 0.3 is 0 Å². The molecule has 8 heteroatoms. The number of thiophene rings is 1. The van der Waals surface area contributed by atoms with Crippen molar-refractivity contribution in [1.82, 2.24) is 29.3 Å². The molecule has 0 bridgehead atoms. The Morgan fingerprint density at radius 1 is 1.06 bits per heavy atom. The first-order valence-corrected chi connectivity index (χ1v) is 11.5. The summed E-state index contributed by atoms with van der Waals surface area (Å²) in [7, 11) is 1.88. The van der Waals surface area contributed by atoms with Gasteiger partial charge in [0.05, 0.1) is 10.3 Å². The summed E-state index contributed by atoms with van der Waals surface area (Å²) in [5.41, 5.74) is 2.49. The van der Waals surface area contributed by atoms with E-state index in [0.29, 0.717) is 21.9 Å². The Balaban J connectivity index is 0.00000119. The lowest BCUT2D eigenvalue weighted by atomic mass is 10.0. The minimum Gasteiger partial charge on any atom is -0.331 e. The van der Waals surface area contributed by atoms with Crippen LogP contribution in [0.3, 0.4) is 0 Å². The highest BCUT2D eigenvalue weighted by Gasteiger charge is 2.22. The highest BCUT2D eigenvalue weighted by Crippen LogP contribution is 2.42. The first-order valence-electron chi connectivity index (χ1n) is 10.7. The summed E-state index contributed by atoms with van der Waals surface area (Å²) in [5, 5.41) is 5.33. The number of nitrogens with one attached hydrogen (secondary N) is 1. The van der Waals surface area contributed by atoms with Crippen molar-refractivity contribution < 1.29 is 0 Å². The summed E-state index contributed by atoms with van der Waals surface area (Å²) in [5.74, 6) is 1.08. The van der Waals surface area contributed by atoms with E-state index in [1.165, 1.54) is 11.3 Å².